The van der Waals surface area contributed by atoms with Crippen LogP contribution in [0.1, 0.15) is 16.7 Å². The van der Waals surface area contributed by atoms with Crippen LogP contribution in [0, 0.1) is 0 Å². The van der Waals surface area contributed by atoms with E-state index in [1.54, 1.807) is 0 Å². The molecule has 0 heterocycles. The molecule has 0 amide bonds. The summed E-state index contributed by atoms with van der Waals surface area (Å²) in [6.45, 7) is 0. The number of alkyl halides is 3. The molecule has 1 aromatic rings. The fourth-order valence-electron chi connectivity index (χ4n) is 1.19. The molecule has 0 aromatic heterocycles. The Hall–Kier alpha value is 1.53. The Labute approximate surface area is 129 Å². The largest absolute Gasteiger partial charge is 0.0875 e. The highest BCUT2D eigenvalue weighted by molar-refractivity contribution is 9.09. The van der Waals surface area contributed by atoms with Crippen LogP contribution in [-0.4, -0.2) is 0 Å². The van der Waals surface area contributed by atoms with Crippen molar-refractivity contribution in [2.24, 2.45) is 0 Å². The molecule has 0 N–H and O–H groups in total. The maximum Gasteiger partial charge on any atom is 0.0516 e. The van der Waals surface area contributed by atoms with Gasteiger partial charge in [0.15, 0.2) is 0 Å². The molecule has 0 fully saturated rings. The molecular weight excluding hydrogens is 454 g/mol. The molecular formula is C9H6Br3Cl3. The quantitative estimate of drug-likeness (QED) is 0.463. The minimum Gasteiger partial charge on any atom is -0.0875 e. The van der Waals surface area contributed by atoms with Crippen molar-refractivity contribution in [1.29, 1.82) is 0 Å². The second-order valence-corrected chi connectivity index (χ2v) is 5.59. The number of hydrogen-bond donors (Lipinski definition) is 0. The predicted octanol–water partition coefficient (Wildman–Crippen LogP) is 6.33. The van der Waals surface area contributed by atoms with E-state index < -0.39 is 0 Å². The van der Waals surface area contributed by atoms with Crippen LogP contribution >= 0.6 is 82.6 Å². The second-order valence-electron chi connectivity index (χ2n) is 2.78. The standard InChI is InChI=1S/C9H6Br3Cl3/c10-1-4-7(13)5(2-11)9(15)6(3-12)8(4)14/h1-3H2. The van der Waals surface area contributed by atoms with E-state index in [1.165, 1.54) is 0 Å². The van der Waals surface area contributed by atoms with Gasteiger partial charge in [0.05, 0.1) is 15.1 Å². The van der Waals surface area contributed by atoms with E-state index in [-0.39, 0.29) is 0 Å². The van der Waals surface area contributed by atoms with Crippen LogP contribution in [0.5, 0.6) is 0 Å². The lowest BCUT2D eigenvalue weighted by molar-refractivity contribution is 1.29. The van der Waals surface area contributed by atoms with Gasteiger partial charge in [0.25, 0.3) is 0 Å². The second kappa shape index (κ2) is 6.46. The smallest absolute Gasteiger partial charge is 0.0516 e. The molecule has 6 heteroatoms. The highest BCUT2D eigenvalue weighted by atomic mass is 79.9. The Morgan fingerprint density at radius 2 is 0.800 bits per heavy atom. The van der Waals surface area contributed by atoms with E-state index in [0.29, 0.717) is 31.1 Å². The highest BCUT2D eigenvalue weighted by Gasteiger charge is 2.18. The summed E-state index contributed by atoms with van der Waals surface area (Å²) < 4.78 is 0. The van der Waals surface area contributed by atoms with Crippen LogP contribution in [0.2, 0.25) is 15.1 Å². The number of benzene rings is 1. The zero-order valence-corrected chi connectivity index (χ0v) is 14.4. The molecule has 0 bridgehead atoms. The average molecular weight is 460 g/mol. The van der Waals surface area contributed by atoms with Crippen LogP contribution in [0.3, 0.4) is 0 Å². The number of halogens is 6. The third kappa shape index (κ3) is 2.86. The summed E-state index contributed by atoms with van der Waals surface area (Å²) in [5.74, 6) is 0. The van der Waals surface area contributed by atoms with Crippen molar-refractivity contribution in [2.75, 3.05) is 0 Å². The zero-order valence-electron chi connectivity index (χ0n) is 7.39. The molecule has 0 aliphatic rings. The predicted molar refractivity (Wildman–Crippen MR) is 79.4 cm³/mol. The van der Waals surface area contributed by atoms with E-state index in [1.807, 2.05) is 0 Å². The summed E-state index contributed by atoms with van der Waals surface area (Å²) in [6, 6.07) is 0. The molecule has 0 atom stereocenters. The lowest BCUT2D eigenvalue weighted by Crippen LogP contribution is -1.96. The molecule has 0 saturated heterocycles. The zero-order chi connectivity index (χ0) is 11.6. The highest BCUT2D eigenvalue weighted by Crippen LogP contribution is 2.41. The van der Waals surface area contributed by atoms with E-state index in [9.17, 15) is 0 Å². The topological polar surface area (TPSA) is 0 Å². The van der Waals surface area contributed by atoms with Crippen LogP contribution in [0.4, 0.5) is 0 Å². The van der Waals surface area contributed by atoms with Gasteiger partial charge in [0, 0.05) is 32.7 Å². The van der Waals surface area contributed by atoms with Crippen LogP contribution in [0.15, 0.2) is 0 Å². The molecule has 0 nitrogen and oxygen atoms in total. The summed E-state index contributed by atoms with van der Waals surface area (Å²) in [5, 5.41) is 3.72. The van der Waals surface area contributed by atoms with Gasteiger partial charge in [0.2, 0.25) is 0 Å². The Kier molecular flexibility index (Phi) is 6.28. The van der Waals surface area contributed by atoms with Gasteiger partial charge in [-0.3, -0.25) is 0 Å². The molecule has 0 aliphatic heterocycles. The minimum absolute atomic E-state index is 0.613. The summed E-state index contributed by atoms with van der Waals surface area (Å²) in [5.41, 5.74) is 2.64. The van der Waals surface area contributed by atoms with E-state index in [4.69, 9.17) is 34.8 Å². The molecule has 0 aliphatic carbocycles. The Bertz CT molecular complexity index is 301. The first kappa shape index (κ1) is 14.6. The van der Waals surface area contributed by atoms with Crippen LogP contribution in [0.25, 0.3) is 0 Å². The van der Waals surface area contributed by atoms with Crippen molar-refractivity contribution in [3.8, 4) is 0 Å². The van der Waals surface area contributed by atoms with Crippen molar-refractivity contribution in [3.05, 3.63) is 31.8 Å². The molecule has 0 unspecified atom stereocenters. The lowest BCUT2D eigenvalue weighted by Gasteiger charge is -2.15. The first-order valence-electron chi connectivity index (χ1n) is 3.93. The number of hydrogen-bond acceptors (Lipinski definition) is 0. The van der Waals surface area contributed by atoms with Gasteiger partial charge in [-0.15, -0.1) is 0 Å². The SMILES string of the molecule is Clc1c(CBr)c(Cl)c(CBr)c(Cl)c1CBr. The van der Waals surface area contributed by atoms with Gasteiger partial charge in [-0.25, -0.2) is 0 Å². The maximum atomic E-state index is 6.20. The molecule has 0 spiro atoms. The Morgan fingerprint density at radius 1 is 0.600 bits per heavy atom. The molecule has 0 saturated carbocycles. The Morgan fingerprint density at radius 3 is 0.933 bits per heavy atom. The fraction of sp³-hybridized carbons (Fsp3) is 0.333. The van der Waals surface area contributed by atoms with E-state index >= 15 is 0 Å². The van der Waals surface area contributed by atoms with Crippen molar-refractivity contribution in [2.45, 2.75) is 16.0 Å². The molecule has 1 aromatic carbocycles. The first-order valence-corrected chi connectivity index (χ1v) is 8.43. The average Bonchev–Trinajstić information content (AvgIpc) is 2.19. The van der Waals surface area contributed by atoms with Gasteiger partial charge in [-0.2, -0.15) is 0 Å². The molecule has 1 rings (SSSR count). The van der Waals surface area contributed by atoms with Gasteiger partial charge in [-0.05, 0) is 0 Å². The van der Waals surface area contributed by atoms with Gasteiger partial charge in [-0.1, -0.05) is 82.6 Å². The monoisotopic (exact) mass is 456 g/mol. The van der Waals surface area contributed by atoms with Crippen molar-refractivity contribution < 1.29 is 0 Å². The van der Waals surface area contributed by atoms with Gasteiger partial charge in [0.1, 0.15) is 0 Å². The van der Waals surface area contributed by atoms with E-state index in [2.05, 4.69) is 47.8 Å². The third-order valence-corrected chi connectivity index (χ3v) is 5.04. The fourth-order valence-corrected chi connectivity index (χ4v) is 4.95. The normalized spacial score (nSPS) is 10.8. The summed E-state index contributed by atoms with van der Waals surface area (Å²) in [4.78, 5) is 0. The Balaban J connectivity index is 3.57. The lowest BCUT2D eigenvalue weighted by atomic mass is 10.1. The first-order chi connectivity index (χ1) is 7.08. The van der Waals surface area contributed by atoms with Crippen LogP contribution in [-0.2, 0) is 16.0 Å². The van der Waals surface area contributed by atoms with Crippen LogP contribution < -0.4 is 0 Å². The van der Waals surface area contributed by atoms with Crippen molar-refractivity contribution in [3.63, 3.8) is 0 Å². The minimum atomic E-state index is 0.613. The third-order valence-electron chi connectivity index (χ3n) is 1.99. The maximum absolute atomic E-state index is 6.20. The summed E-state index contributed by atoms with van der Waals surface area (Å²) in [6.07, 6.45) is 0. The molecule has 84 valence electrons. The summed E-state index contributed by atoms with van der Waals surface area (Å²) in [7, 11) is 0. The summed E-state index contributed by atoms with van der Waals surface area (Å²) >= 11 is 28.7. The van der Waals surface area contributed by atoms with Gasteiger partial charge >= 0.3 is 0 Å². The molecule has 0 radical (unpaired) electrons. The van der Waals surface area contributed by atoms with Crippen molar-refractivity contribution >= 4 is 82.6 Å². The van der Waals surface area contributed by atoms with Gasteiger partial charge < -0.3 is 0 Å². The number of rotatable bonds is 3. The van der Waals surface area contributed by atoms with Crippen molar-refractivity contribution in [1.82, 2.24) is 0 Å². The molecule has 15 heavy (non-hydrogen) atoms. The van der Waals surface area contributed by atoms with E-state index in [0.717, 1.165) is 16.7 Å².